The molecule has 0 saturated heterocycles. The molecule has 0 aliphatic heterocycles. The van der Waals surface area contributed by atoms with E-state index in [4.69, 9.17) is 58.0 Å². The number of halogens is 5. The second-order valence-corrected chi connectivity index (χ2v) is 6.43. The van der Waals surface area contributed by atoms with E-state index in [1.54, 1.807) is 13.0 Å². The van der Waals surface area contributed by atoms with Crippen molar-refractivity contribution in [2.45, 2.75) is 6.92 Å². The fourth-order valence-corrected chi connectivity index (χ4v) is 3.09. The fraction of sp³-hybridized carbons (Fsp3) is 0.0714. The first-order valence-electron chi connectivity index (χ1n) is 5.93. The lowest BCUT2D eigenvalue weighted by atomic mass is 10.1. The van der Waals surface area contributed by atoms with Gasteiger partial charge in [-0.1, -0.05) is 58.0 Å². The first-order valence-corrected chi connectivity index (χ1v) is 7.81. The van der Waals surface area contributed by atoms with Gasteiger partial charge in [0.2, 0.25) is 0 Å². The summed E-state index contributed by atoms with van der Waals surface area (Å²) in [5, 5.41) is 15.7. The number of hydrogen-bond donors (Lipinski definition) is 2. The third-order valence-electron chi connectivity index (χ3n) is 2.76. The zero-order chi connectivity index (χ0) is 16.4. The van der Waals surface area contributed by atoms with Gasteiger partial charge in [-0.15, -0.1) is 0 Å². The minimum Gasteiger partial charge on any atom is -0.506 e. The lowest BCUT2D eigenvalue weighted by Crippen LogP contribution is -2.01. The highest BCUT2D eigenvalue weighted by Gasteiger charge is 2.12. The van der Waals surface area contributed by atoms with E-state index in [1.165, 1.54) is 18.2 Å². The maximum absolute atomic E-state index is 9.97. The maximum Gasteiger partial charge on any atom is 0.143 e. The number of nitrogens with one attached hydrogen (secondary N) is 1. The Morgan fingerprint density at radius 2 is 1.41 bits per heavy atom. The molecule has 0 aliphatic rings. The van der Waals surface area contributed by atoms with Crippen LogP contribution in [0.15, 0.2) is 29.4 Å². The molecule has 0 spiro atoms. The highest BCUT2D eigenvalue weighted by molar-refractivity contribution is 6.41. The van der Waals surface area contributed by atoms with Crippen molar-refractivity contribution in [1.82, 2.24) is 0 Å². The van der Waals surface area contributed by atoms with Gasteiger partial charge in [-0.2, -0.15) is 5.10 Å². The van der Waals surface area contributed by atoms with E-state index in [2.05, 4.69) is 10.5 Å². The van der Waals surface area contributed by atoms with Crippen LogP contribution in [0.1, 0.15) is 12.5 Å². The predicted molar refractivity (Wildman–Crippen MR) is 95.4 cm³/mol. The van der Waals surface area contributed by atoms with E-state index < -0.39 is 0 Å². The van der Waals surface area contributed by atoms with Crippen LogP contribution in [0.4, 0.5) is 5.69 Å². The normalized spacial score (nSPS) is 11.6. The van der Waals surface area contributed by atoms with E-state index in [0.29, 0.717) is 37.1 Å². The molecule has 0 bridgehead atoms. The molecule has 2 N–H and O–H groups in total. The number of phenols is 1. The molecular weight excluding hydrogens is 389 g/mol. The second kappa shape index (κ2) is 7.16. The van der Waals surface area contributed by atoms with Gasteiger partial charge in [0, 0.05) is 15.6 Å². The Morgan fingerprint density at radius 3 is 2.00 bits per heavy atom. The van der Waals surface area contributed by atoms with Gasteiger partial charge in [-0.05, 0) is 31.2 Å². The Labute approximate surface area is 152 Å². The molecule has 0 fully saturated rings. The molecule has 8 heteroatoms. The summed E-state index contributed by atoms with van der Waals surface area (Å²) in [5.41, 5.74) is 3.99. The van der Waals surface area contributed by atoms with Crippen LogP contribution in [0, 0.1) is 0 Å². The highest BCUT2D eigenvalue weighted by atomic mass is 35.5. The monoisotopic (exact) mass is 396 g/mol. The van der Waals surface area contributed by atoms with Crippen LogP contribution in [0.3, 0.4) is 0 Å². The van der Waals surface area contributed by atoms with Crippen LogP contribution in [0.25, 0.3) is 0 Å². The number of hydrogen-bond acceptors (Lipinski definition) is 3. The lowest BCUT2D eigenvalue weighted by molar-refractivity contribution is 0.474. The lowest BCUT2D eigenvalue weighted by Gasteiger charge is -2.10. The van der Waals surface area contributed by atoms with E-state index >= 15 is 0 Å². The second-order valence-electron chi connectivity index (χ2n) is 4.34. The Balaban J connectivity index is 2.35. The van der Waals surface area contributed by atoms with Crippen molar-refractivity contribution in [2.75, 3.05) is 5.43 Å². The molecule has 0 unspecified atom stereocenters. The van der Waals surface area contributed by atoms with E-state index in [0.717, 1.165) is 0 Å². The van der Waals surface area contributed by atoms with Gasteiger partial charge in [0.15, 0.2) is 0 Å². The average Bonchev–Trinajstić information content (AvgIpc) is 2.41. The quantitative estimate of drug-likeness (QED) is 0.458. The van der Waals surface area contributed by atoms with Gasteiger partial charge in [0.05, 0.1) is 26.5 Å². The first-order chi connectivity index (χ1) is 10.3. The summed E-state index contributed by atoms with van der Waals surface area (Å²) in [6, 6.07) is 6.07. The van der Waals surface area contributed by atoms with Crippen LogP contribution in [-0.4, -0.2) is 10.8 Å². The number of nitrogens with zero attached hydrogens (tertiary/aromatic N) is 1. The van der Waals surface area contributed by atoms with E-state index in [9.17, 15) is 5.11 Å². The number of benzene rings is 2. The van der Waals surface area contributed by atoms with Crippen molar-refractivity contribution in [1.29, 1.82) is 0 Å². The molecule has 2 aromatic rings. The van der Waals surface area contributed by atoms with Gasteiger partial charge in [0.25, 0.3) is 0 Å². The molecule has 0 saturated carbocycles. The number of hydrazone groups is 1. The first kappa shape index (κ1) is 17.5. The van der Waals surface area contributed by atoms with Crippen molar-refractivity contribution in [3.05, 3.63) is 54.9 Å². The van der Waals surface area contributed by atoms with Gasteiger partial charge >= 0.3 is 0 Å². The van der Waals surface area contributed by atoms with Gasteiger partial charge < -0.3 is 5.11 Å². The Kier molecular flexibility index (Phi) is 5.70. The van der Waals surface area contributed by atoms with Crippen LogP contribution in [0.2, 0.25) is 25.1 Å². The molecule has 0 radical (unpaired) electrons. The van der Waals surface area contributed by atoms with Crippen molar-refractivity contribution in [2.24, 2.45) is 5.10 Å². The SMILES string of the molecule is CC(=NNc1c(Cl)cc(Cl)cc1Cl)c1cc(Cl)cc(Cl)c1O. The summed E-state index contributed by atoms with van der Waals surface area (Å²) in [4.78, 5) is 0. The summed E-state index contributed by atoms with van der Waals surface area (Å²) in [7, 11) is 0. The number of anilines is 1. The minimum atomic E-state index is -0.109. The number of rotatable bonds is 3. The van der Waals surface area contributed by atoms with Crippen molar-refractivity contribution >= 4 is 69.4 Å². The zero-order valence-corrected chi connectivity index (χ0v) is 14.9. The van der Waals surface area contributed by atoms with E-state index in [1.807, 2.05) is 0 Å². The molecule has 0 amide bonds. The van der Waals surface area contributed by atoms with E-state index in [-0.39, 0.29) is 10.8 Å². The molecule has 0 aromatic heterocycles. The number of aromatic hydroxyl groups is 1. The number of phenolic OH excluding ortho intramolecular Hbond substituents is 1. The predicted octanol–water partition coefficient (Wildman–Crippen LogP) is 6.50. The summed E-state index contributed by atoms with van der Waals surface area (Å²) in [6.07, 6.45) is 0. The van der Waals surface area contributed by atoms with Gasteiger partial charge in [0.1, 0.15) is 5.75 Å². The molecule has 3 nitrogen and oxygen atoms in total. The maximum atomic E-state index is 9.97. The molecule has 0 atom stereocenters. The molecule has 22 heavy (non-hydrogen) atoms. The molecule has 0 aliphatic carbocycles. The summed E-state index contributed by atoms with van der Waals surface area (Å²) in [6.45, 7) is 1.67. The van der Waals surface area contributed by atoms with Crippen LogP contribution in [-0.2, 0) is 0 Å². The molecule has 116 valence electrons. The van der Waals surface area contributed by atoms with Crippen LogP contribution >= 0.6 is 58.0 Å². The molecule has 2 rings (SSSR count). The van der Waals surface area contributed by atoms with Gasteiger partial charge in [-0.25, -0.2) is 0 Å². The summed E-state index contributed by atoms with van der Waals surface area (Å²) in [5.74, 6) is -0.109. The molecule has 0 heterocycles. The van der Waals surface area contributed by atoms with Crippen molar-refractivity contribution in [3.63, 3.8) is 0 Å². The zero-order valence-electron chi connectivity index (χ0n) is 11.1. The van der Waals surface area contributed by atoms with Crippen LogP contribution < -0.4 is 5.43 Å². The molecule has 2 aromatic carbocycles. The summed E-state index contributed by atoms with van der Waals surface area (Å²) >= 11 is 29.8. The van der Waals surface area contributed by atoms with Gasteiger partial charge in [-0.3, -0.25) is 5.43 Å². The standard InChI is InChI=1S/C14H9Cl5N2O/c1-6(9-2-7(15)5-12(19)14(9)22)20-21-13-10(17)3-8(16)4-11(13)18/h2-5,21-22H,1H3. The third kappa shape index (κ3) is 3.92. The Morgan fingerprint density at radius 1 is 0.909 bits per heavy atom. The Hall–Kier alpha value is -0.840. The summed E-state index contributed by atoms with van der Waals surface area (Å²) < 4.78 is 0. The largest absolute Gasteiger partial charge is 0.506 e. The van der Waals surface area contributed by atoms with Crippen molar-refractivity contribution < 1.29 is 5.11 Å². The van der Waals surface area contributed by atoms with Crippen LogP contribution in [0.5, 0.6) is 5.75 Å². The highest BCUT2D eigenvalue weighted by Crippen LogP contribution is 2.34. The topological polar surface area (TPSA) is 44.6 Å². The Bertz CT molecular complexity index is 738. The fourth-order valence-electron chi connectivity index (χ4n) is 1.69. The minimum absolute atomic E-state index is 0.109. The third-order valence-corrected chi connectivity index (χ3v) is 4.08. The smallest absolute Gasteiger partial charge is 0.143 e. The van der Waals surface area contributed by atoms with Crippen molar-refractivity contribution in [3.8, 4) is 5.75 Å². The molecular formula is C14H9Cl5N2O. The average molecular weight is 399 g/mol.